The Bertz CT molecular complexity index is 429. The second-order valence-corrected chi connectivity index (χ2v) is 4.96. The van der Waals surface area contributed by atoms with E-state index < -0.39 is 0 Å². The third kappa shape index (κ3) is 3.03. The van der Waals surface area contributed by atoms with E-state index in [9.17, 15) is 4.79 Å². The van der Waals surface area contributed by atoms with Crippen molar-refractivity contribution in [3.63, 3.8) is 0 Å². The van der Waals surface area contributed by atoms with Crippen molar-refractivity contribution < 1.29 is 4.79 Å². The number of aryl methyl sites for hydroxylation is 1. The highest BCUT2D eigenvalue weighted by molar-refractivity contribution is 5.94. The highest BCUT2D eigenvalue weighted by atomic mass is 16.1. The molecular formula is C15H22N2O. The lowest BCUT2D eigenvalue weighted by atomic mass is 10.0. The molecule has 3 heteroatoms. The molecule has 1 atom stereocenters. The smallest absolute Gasteiger partial charge is 0.224 e. The van der Waals surface area contributed by atoms with E-state index >= 15 is 0 Å². The van der Waals surface area contributed by atoms with Crippen LogP contribution in [0.3, 0.4) is 0 Å². The Morgan fingerprint density at radius 1 is 1.33 bits per heavy atom. The predicted octanol–water partition coefficient (Wildman–Crippen LogP) is 3.56. The van der Waals surface area contributed by atoms with Gasteiger partial charge in [0.05, 0.1) is 0 Å². The second kappa shape index (κ2) is 5.89. The first kappa shape index (κ1) is 12.9. The van der Waals surface area contributed by atoms with E-state index in [-0.39, 0.29) is 5.91 Å². The van der Waals surface area contributed by atoms with Gasteiger partial charge in [-0.05, 0) is 43.0 Å². The van der Waals surface area contributed by atoms with Crippen molar-refractivity contribution in [2.45, 2.75) is 52.0 Å². The number of carbonyl (C=O) groups excluding carboxylic acids is 1. The third-order valence-electron chi connectivity index (χ3n) is 3.50. The van der Waals surface area contributed by atoms with Crippen molar-refractivity contribution in [2.75, 3.05) is 10.6 Å². The minimum atomic E-state index is 0.126. The fraction of sp³-hybridized carbons (Fsp3) is 0.533. The van der Waals surface area contributed by atoms with E-state index in [0.717, 1.165) is 18.5 Å². The van der Waals surface area contributed by atoms with E-state index in [1.165, 1.54) is 24.1 Å². The van der Waals surface area contributed by atoms with Gasteiger partial charge in [0.2, 0.25) is 5.91 Å². The molecule has 98 valence electrons. The molecule has 2 rings (SSSR count). The van der Waals surface area contributed by atoms with Gasteiger partial charge in [0.1, 0.15) is 0 Å². The maximum absolute atomic E-state index is 11.3. The lowest BCUT2D eigenvalue weighted by molar-refractivity contribution is -0.116. The highest BCUT2D eigenvalue weighted by Crippen LogP contribution is 2.26. The van der Waals surface area contributed by atoms with Gasteiger partial charge in [-0.15, -0.1) is 0 Å². The van der Waals surface area contributed by atoms with Gasteiger partial charge >= 0.3 is 0 Å². The van der Waals surface area contributed by atoms with E-state index in [4.69, 9.17) is 0 Å². The molecule has 1 amide bonds. The van der Waals surface area contributed by atoms with E-state index in [1.807, 2.05) is 6.07 Å². The molecule has 0 aliphatic carbocycles. The number of nitrogens with one attached hydrogen (secondary N) is 2. The molecule has 1 heterocycles. The first-order chi connectivity index (χ1) is 8.72. The Hall–Kier alpha value is -1.51. The maximum atomic E-state index is 11.3. The van der Waals surface area contributed by atoms with Crippen LogP contribution in [-0.4, -0.2) is 11.9 Å². The maximum Gasteiger partial charge on any atom is 0.224 e. The largest absolute Gasteiger partial charge is 0.382 e. The topological polar surface area (TPSA) is 41.1 Å². The Morgan fingerprint density at radius 3 is 2.89 bits per heavy atom. The summed E-state index contributed by atoms with van der Waals surface area (Å²) >= 11 is 0. The number of fused-ring (bicyclic) bond motifs is 1. The van der Waals surface area contributed by atoms with E-state index in [1.54, 1.807) is 0 Å². The summed E-state index contributed by atoms with van der Waals surface area (Å²) in [5.74, 6) is 0.126. The molecule has 0 spiro atoms. The molecule has 3 nitrogen and oxygen atoms in total. The highest BCUT2D eigenvalue weighted by Gasteiger charge is 2.15. The molecule has 1 aromatic carbocycles. The van der Waals surface area contributed by atoms with Crippen LogP contribution in [0.2, 0.25) is 0 Å². The minimum Gasteiger partial charge on any atom is -0.382 e. The van der Waals surface area contributed by atoms with Crippen molar-refractivity contribution in [2.24, 2.45) is 0 Å². The van der Waals surface area contributed by atoms with Crippen molar-refractivity contribution in [1.29, 1.82) is 0 Å². The molecule has 0 fully saturated rings. The quantitative estimate of drug-likeness (QED) is 0.834. The second-order valence-electron chi connectivity index (χ2n) is 4.96. The summed E-state index contributed by atoms with van der Waals surface area (Å²) in [7, 11) is 0. The molecule has 2 N–H and O–H groups in total. The number of hydrogen-bond acceptors (Lipinski definition) is 2. The van der Waals surface area contributed by atoms with Gasteiger partial charge in [-0.1, -0.05) is 20.3 Å². The summed E-state index contributed by atoms with van der Waals surface area (Å²) in [4.78, 5) is 11.3. The number of benzene rings is 1. The van der Waals surface area contributed by atoms with Crippen LogP contribution in [-0.2, 0) is 11.2 Å². The molecule has 0 aromatic heterocycles. The molecule has 0 saturated carbocycles. The molecule has 0 radical (unpaired) electrons. The number of amides is 1. The molecule has 1 aromatic rings. The van der Waals surface area contributed by atoms with Gasteiger partial charge in [0.25, 0.3) is 0 Å². The van der Waals surface area contributed by atoms with E-state index in [0.29, 0.717) is 12.5 Å². The molecular weight excluding hydrogens is 224 g/mol. The lowest BCUT2D eigenvalue weighted by Crippen LogP contribution is -2.20. The summed E-state index contributed by atoms with van der Waals surface area (Å²) in [5.41, 5.74) is 3.39. The average Bonchev–Trinajstić information content (AvgIpc) is 2.38. The van der Waals surface area contributed by atoms with Crippen LogP contribution in [0.5, 0.6) is 0 Å². The zero-order valence-electron chi connectivity index (χ0n) is 11.3. The Morgan fingerprint density at radius 2 is 2.17 bits per heavy atom. The van der Waals surface area contributed by atoms with Crippen molar-refractivity contribution >= 4 is 17.3 Å². The zero-order valence-corrected chi connectivity index (χ0v) is 11.3. The number of rotatable bonds is 5. The van der Waals surface area contributed by atoms with Crippen LogP contribution in [0.1, 0.15) is 45.1 Å². The fourth-order valence-corrected chi connectivity index (χ4v) is 2.44. The van der Waals surface area contributed by atoms with Gasteiger partial charge in [-0.2, -0.15) is 0 Å². The van der Waals surface area contributed by atoms with Gasteiger partial charge < -0.3 is 10.6 Å². The SMILES string of the molecule is CCCC(CC)Nc1ccc2c(c1)CCC(=O)N2. The summed E-state index contributed by atoms with van der Waals surface area (Å²) < 4.78 is 0. The van der Waals surface area contributed by atoms with Crippen LogP contribution in [0.15, 0.2) is 18.2 Å². The number of hydrogen-bond donors (Lipinski definition) is 2. The van der Waals surface area contributed by atoms with E-state index in [2.05, 4.69) is 36.6 Å². The Labute approximate surface area is 109 Å². The number of carbonyl (C=O) groups is 1. The summed E-state index contributed by atoms with van der Waals surface area (Å²) in [6, 6.07) is 6.79. The Kier molecular flexibility index (Phi) is 4.24. The first-order valence-corrected chi connectivity index (χ1v) is 6.92. The van der Waals surface area contributed by atoms with Crippen LogP contribution in [0, 0.1) is 0 Å². The standard InChI is InChI=1S/C15H22N2O/c1-3-5-12(4-2)16-13-7-8-14-11(10-13)6-9-15(18)17-14/h7-8,10,12,16H,3-6,9H2,1-2H3,(H,17,18). The predicted molar refractivity (Wildman–Crippen MR) is 76.0 cm³/mol. The summed E-state index contributed by atoms with van der Waals surface area (Å²) in [6.45, 7) is 4.43. The molecule has 0 saturated heterocycles. The normalized spacial score (nSPS) is 15.8. The van der Waals surface area contributed by atoms with Crippen LogP contribution in [0.25, 0.3) is 0 Å². The molecule has 1 aliphatic rings. The third-order valence-corrected chi connectivity index (χ3v) is 3.50. The minimum absolute atomic E-state index is 0.126. The lowest BCUT2D eigenvalue weighted by Gasteiger charge is -2.21. The first-order valence-electron chi connectivity index (χ1n) is 6.92. The van der Waals surface area contributed by atoms with Gasteiger partial charge in [-0.3, -0.25) is 4.79 Å². The Balaban J connectivity index is 2.09. The molecule has 18 heavy (non-hydrogen) atoms. The van der Waals surface area contributed by atoms with Gasteiger partial charge in [0, 0.05) is 23.8 Å². The summed E-state index contributed by atoms with van der Waals surface area (Å²) in [6.07, 6.45) is 4.99. The number of anilines is 2. The fourth-order valence-electron chi connectivity index (χ4n) is 2.44. The van der Waals surface area contributed by atoms with Crippen LogP contribution >= 0.6 is 0 Å². The molecule has 1 aliphatic heterocycles. The molecule has 1 unspecified atom stereocenters. The van der Waals surface area contributed by atoms with Crippen molar-refractivity contribution in [1.82, 2.24) is 0 Å². The monoisotopic (exact) mass is 246 g/mol. The van der Waals surface area contributed by atoms with Crippen molar-refractivity contribution in [3.8, 4) is 0 Å². The molecule has 0 bridgehead atoms. The van der Waals surface area contributed by atoms with Crippen LogP contribution in [0.4, 0.5) is 11.4 Å². The zero-order chi connectivity index (χ0) is 13.0. The van der Waals surface area contributed by atoms with Gasteiger partial charge in [-0.25, -0.2) is 0 Å². The van der Waals surface area contributed by atoms with Gasteiger partial charge in [0.15, 0.2) is 0 Å². The summed E-state index contributed by atoms with van der Waals surface area (Å²) in [5, 5.41) is 6.49. The van der Waals surface area contributed by atoms with Crippen molar-refractivity contribution in [3.05, 3.63) is 23.8 Å². The average molecular weight is 246 g/mol. The van der Waals surface area contributed by atoms with Crippen LogP contribution < -0.4 is 10.6 Å².